The summed E-state index contributed by atoms with van der Waals surface area (Å²) in [6, 6.07) is 3.27. The second-order valence-electron chi connectivity index (χ2n) is 8.20. The number of anilines is 1. The van der Waals surface area contributed by atoms with Gasteiger partial charge in [-0.05, 0) is 31.4 Å². The number of hydrogen-bond donors (Lipinski definition) is 1. The highest BCUT2D eigenvalue weighted by Gasteiger charge is 2.62. The number of imide groups is 1. The van der Waals surface area contributed by atoms with Gasteiger partial charge in [-0.1, -0.05) is 32.4 Å². The van der Waals surface area contributed by atoms with Crippen molar-refractivity contribution in [3.8, 4) is 0 Å². The quantitative estimate of drug-likeness (QED) is 0.819. The third kappa shape index (κ3) is 2.82. The molecule has 1 saturated carbocycles. The first-order valence-electron chi connectivity index (χ1n) is 8.25. The maximum Gasteiger partial charge on any atom is 0.234 e. The molecular weight excluding hydrogens is 342 g/mol. The molecule has 0 radical (unpaired) electrons. The van der Waals surface area contributed by atoms with Crippen LogP contribution in [0.2, 0.25) is 5.02 Å². The fraction of sp³-hybridized carbons (Fsp3) is 0.556. The van der Waals surface area contributed by atoms with Crippen LogP contribution in [-0.2, 0) is 14.4 Å². The molecule has 0 spiro atoms. The van der Waals surface area contributed by atoms with Crippen LogP contribution in [0.4, 0.5) is 5.82 Å². The van der Waals surface area contributed by atoms with E-state index in [9.17, 15) is 14.4 Å². The van der Waals surface area contributed by atoms with E-state index in [-0.39, 0.29) is 17.7 Å². The van der Waals surface area contributed by atoms with Gasteiger partial charge in [-0.3, -0.25) is 19.3 Å². The zero-order valence-corrected chi connectivity index (χ0v) is 15.6. The first-order chi connectivity index (χ1) is 11.5. The number of amides is 3. The third-order valence-corrected chi connectivity index (χ3v) is 5.72. The van der Waals surface area contributed by atoms with E-state index in [4.69, 9.17) is 11.6 Å². The molecule has 0 aromatic carbocycles. The Hall–Kier alpha value is -1.95. The summed E-state index contributed by atoms with van der Waals surface area (Å²) in [6.07, 6.45) is 2.72. The molecule has 1 aromatic heterocycles. The van der Waals surface area contributed by atoms with Crippen LogP contribution in [0.1, 0.15) is 40.0 Å². The predicted octanol–water partition coefficient (Wildman–Crippen LogP) is 2.87. The number of carbonyl (C=O) groups excluding carboxylic acids is 3. The summed E-state index contributed by atoms with van der Waals surface area (Å²) in [5, 5.41) is 3.28. The van der Waals surface area contributed by atoms with Gasteiger partial charge in [0, 0.05) is 29.5 Å². The fourth-order valence-electron chi connectivity index (χ4n) is 4.85. The van der Waals surface area contributed by atoms with Gasteiger partial charge in [0.05, 0.1) is 5.02 Å². The number of piperidine rings is 1. The van der Waals surface area contributed by atoms with Gasteiger partial charge < -0.3 is 5.32 Å². The van der Waals surface area contributed by atoms with E-state index in [0.717, 1.165) is 0 Å². The van der Waals surface area contributed by atoms with Gasteiger partial charge >= 0.3 is 0 Å². The van der Waals surface area contributed by atoms with Crippen LogP contribution in [0.3, 0.4) is 0 Å². The SMILES string of the molecule is CN1C(=O)C2(C)CC(C)(C(=O)Nc3ccc(Cl)cn3)CC(C)(C2)C1=O. The Balaban J connectivity index is 1.91. The summed E-state index contributed by atoms with van der Waals surface area (Å²) < 4.78 is 0. The van der Waals surface area contributed by atoms with Crippen molar-refractivity contribution >= 4 is 35.1 Å². The lowest BCUT2D eigenvalue weighted by atomic mass is 9.51. The molecule has 6 nitrogen and oxygen atoms in total. The minimum atomic E-state index is -0.838. The van der Waals surface area contributed by atoms with Gasteiger partial charge in [0.1, 0.15) is 5.82 Å². The number of pyridine rings is 1. The summed E-state index contributed by atoms with van der Waals surface area (Å²) in [5.41, 5.74) is -2.29. The van der Waals surface area contributed by atoms with Gasteiger partial charge in [0.15, 0.2) is 0 Å². The molecule has 25 heavy (non-hydrogen) atoms. The van der Waals surface area contributed by atoms with Crippen molar-refractivity contribution in [2.45, 2.75) is 40.0 Å². The molecule has 1 aromatic rings. The number of aromatic nitrogens is 1. The van der Waals surface area contributed by atoms with Crippen molar-refractivity contribution in [2.75, 3.05) is 12.4 Å². The molecule has 2 heterocycles. The van der Waals surface area contributed by atoms with Crippen LogP contribution in [0.5, 0.6) is 0 Å². The summed E-state index contributed by atoms with van der Waals surface area (Å²) in [4.78, 5) is 43.6. The topological polar surface area (TPSA) is 79.4 Å². The Morgan fingerprint density at radius 3 is 2.16 bits per heavy atom. The summed E-state index contributed by atoms with van der Waals surface area (Å²) in [6.45, 7) is 5.52. The zero-order valence-electron chi connectivity index (χ0n) is 14.9. The number of nitrogens with one attached hydrogen (secondary N) is 1. The number of halogens is 1. The fourth-order valence-corrected chi connectivity index (χ4v) is 4.96. The van der Waals surface area contributed by atoms with Gasteiger partial charge in [-0.15, -0.1) is 0 Å². The van der Waals surface area contributed by atoms with Crippen LogP contribution in [0, 0.1) is 16.2 Å². The minimum absolute atomic E-state index is 0.210. The Bertz CT molecular complexity index is 733. The van der Waals surface area contributed by atoms with Crippen LogP contribution in [0.15, 0.2) is 18.3 Å². The van der Waals surface area contributed by atoms with Gasteiger partial charge in [-0.25, -0.2) is 4.98 Å². The summed E-state index contributed by atoms with van der Waals surface area (Å²) >= 11 is 5.82. The van der Waals surface area contributed by atoms with Crippen LogP contribution in [-0.4, -0.2) is 34.7 Å². The monoisotopic (exact) mass is 363 g/mol. The number of likely N-dealkylation sites (tertiary alicyclic amines) is 1. The molecule has 2 aliphatic rings. The van der Waals surface area contributed by atoms with Crippen molar-refractivity contribution in [3.63, 3.8) is 0 Å². The van der Waals surface area contributed by atoms with E-state index in [2.05, 4.69) is 10.3 Å². The number of nitrogens with zero attached hydrogens (tertiary/aromatic N) is 2. The number of carbonyl (C=O) groups is 3. The van der Waals surface area contributed by atoms with Crippen molar-refractivity contribution in [1.29, 1.82) is 0 Å². The third-order valence-electron chi connectivity index (χ3n) is 5.50. The second-order valence-corrected chi connectivity index (χ2v) is 8.63. The van der Waals surface area contributed by atoms with E-state index in [1.807, 2.05) is 20.8 Å². The molecule has 3 amide bonds. The average Bonchev–Trinajstić information content (AvgIpc) is 2.52. The summed E-state index contributed by atoms with van der Waals surface area (Å²) in [7, 11) is 1.53. The molecule has 134 valence electrons. The molecule has 2 bridgehead atoms. The van der Waals surface area contributed by atoms with E-state index in [1.54, 1.807) is 12.1 Å². The van der Waals surface area contributed by atoms with Gasteiger partial charge in [-0.2, -0.15) is 0 Å². The average molecular weight is 364 g/mol. The van der Waals surface area contributed by atoms with Crippen molar-refractivity contribution in [2.24, 2.45) is 16.2 Å². The summed E-state index contributed by atoms with van der Waals surface area (Å²) in [5.74, 6) is -0.252. The Morgan fingerprint density at radius 2 is 1.68 bits per heavy atom. The molecule has 1 saturated heterocycles. The molecule has 1 aliphatic heterocycles. The van der Waals surface area contributed by atoms with Crippen LogP contribution in [0.25, 0.3) is 0 Å². The van der Waals surface area contributed by atoms with Crippen molar-refractivity contribution < 1.29 is 14.4 Å². The van der Waals surface area contributed by atoms with Crippen molar-refractivity contribution in [3.05, 3.63) is 23.4 Å². The molecule has 2 atom stereocenters. The minimum Gasteiger partial charge on any atom is -0.310 e. The van der Waals surface area contributed by atoms with Crippen LogP contribution >= 0.6 is 11.6 Å². The normalized spacial score (nSPS) is 34.8. The Labute approximate surface area is 151 Å². The number of rotatable bonds is 2. The standard InChI is InChI=1S/C18H22ClN3O3/c1-16(13(23)21-12-6-5-11(19)7-20-12)8-17(2)10-18(3,9-16)15(25)22(4)14(17)24/h5-7H,8-10H2,1-4H3,(H,20,21,23). The van der Waals surface area contributed by atoms with Crippen LogP contribution < -0.4 is 5.32 Å². The highest BCUT2D eigenvalue weighted by Crippen LogP contribution is 2.58. The molecule has 2 unspecified atom stereocenters. The first kappa shape index (κ1) is 17.9. The predicted molar refractivity (Wildman–Crippen MR) is 93.8 cm³/mol. The first-order valence-corrected chi connectivity index (χ1v) is 8.63. The highest BCUT2D eigenvalue weighted by molar-refractivity contribution is 6.30. The Morgan fingerprint density at radius 1 is 1.12 bits per heavy atom. The molecule has 1 N–H and O–H groups in total. The maximum absolute atomic E-state index is 13.0. The lowest BCUT2D eigenvalue weighted by Crippen LogP contribution is -2.63. The lowest BCUT2D eigenvalue weighted by molar-refractivity contribution is -0.177. The number of hydrogen-bond acceptors (Lipinski definition) is 4. The smallest absolute Gasteiger partial charge is 0.234 e. The zero-order chi connectivity index (χ0) is 18.6. The van der Waals surface area contributed by atoms with Gasteiger partial charge in [0.25, 0.3) is 0 Å². The lowest BCUT2D eigenvalue weighted by Gasteiger charge is -2.55. The molecule has 1 aliphatic carbocycles. The van der Waals surface area contributed by atoms with E-state index in [0.29, 0.717) is 30.1 Å². The molecule has 2 fully saturated rings. The molecule has 7 heteroatoms. The molecule has 3 rings (SSSR count). The van der Waals surface area contributed by atoms with E-state index in [1.165, 1.54) is 18.1 Å². The van der Waals surface area contributed by atoms with Crippen molar-refractivity contribution in [1.82, 2.24) is 9.88 Å². The van der Waals surface area contributed by atoms with E-state index < -0.39 is 16.2 Å². The second kappa shape index (κ2) is 5.53. The number of fused-ring (bicyclic) bond motifs is 2. The Kier molecular flexibility index (Phi) is 3.95. The largest absolute Gasteiger partial charge is 0.310 e. The van der Waals surface area contributed by atoms with E-state index >= 15 is 0 Å². The molecular formula is C18H22ClN3O3. The van der Waals surface area contributed by atoms with Gasteiger partial charge in [0.2, 0.25) is 17.7 Å². The maximum atomic E-state index is 13.0. The highest BCUT2D eigenvalue weighted by atomic mass is 35.5.